The lowest BCUT2D eigenvalue weighted by atomic mass is 9.86. The molecule has 6 nitrogen and oxygen atoms in total. The van der Waals surface area contributed by atoms with Crippen LogP contribution in [0.15, 0.2) is 57.7 Å². The molecule has 0 bridgehead atoms. The number of benzene rings is 2. The molecule has 0 atom stereocenters. The molecule has 1 fully saturated rings. The largest absolute Gasteiger partial charge is 0.396 e. The minimum Gasteiger partial charge on any atom is -0.396 e. The van der Waals surface area contributed by atoms with E-state index < -0.39 is 0 Å². The summed E-state index contributed by atoms with van der Waals surface area (Å²) in [6.45, 7) is 1.83. The summed E-state index contributed by atoms with van der Waals surface area (Å²) < 4.78 is 5.57. The zero-order valence-electron chi connectivity index (χ0n) is 15.6. The van der Waals surface area contributed by atoms with Crippen LogP contribution in [0.4, 0.5) is 11.4 Å². The molecule has 0 radical (unpaired) electrons. The van der Waals surface area contributed by atoms with E-state index in [1.807, 2.05) is 42.5 Å². The number of aliphatic imine (C=N–C) groups is 1. The maximum Gasteiger partial charge on any atom is 0.176 e. The molecule has 2 aromatic rings. The first-order valence-corrected chi connectivity index (χ1v) is 9.88. The molecular weight excluding hydrogens is 376 g/mol. The van der Waals surface area contributed by atoms with Gasteiger partial charge in [0.15, 0.2) is 5.84 Å². The van der Waals surface area contributed by atoms with Crippen LogP contribution in [-0.4, -0.2) is 36.3 Å². The molecular formula is C21H23ClN4O2. The van der Waals surface area contributed by atoms with Gasteiger partial charge in [0.05, 0.1) is 17.9 Å². The standard InChI is InChI=1S/C21H23ClN4O2/c22-17-5-1-3-15(13-17)14-23-26-20-21(8-11-28-12-9-21)25-18-6-2-4-16(7-10-27)19(18)24-20/h1-6,13,25,27H,7-12,14H2. The van der Waals surface area contributed by atoms with E-state index in [2.05, 4.69) is 15.5 Å². The van der Waals surface area contributed by atoms with Crippen LogP contribution in [0.3, 0.4) is 0 Å². The Kier molecular flexibility index (Phi) is 5.71. The van der Waals surface area contributed by atoms with Crippen LogP contribution >= 0.6 is 11.6 Å². The van der Waals surface area contributed by atoms with Crippen molar-refractivity contribution in [3.63, 3.8) is 0 Å². The monoisotopic (exact) mass is 398 g/mol. The summed E-state index contributed by atoms with van der Waals surface area (Å²) in [6.07, 6.45) is 2.12. The number of anilines is 1. The predicted molar refractivity (Wildman–Crippen MR) is 111 cm³/mol. The van der Waals surface area contributed by atoms with Gasteiger partial charge in [0.25, 0.3) is 0 Å². The van der Waals surface area contributed by atoms with Crippen molar-refractivity contribution in [1.82, 2.24) is 0 Å². The van der Waals surface area contributed by atoms with Crippen LogP contribution in [0.5, 0.6) is 0 Å². The highest BCUT2D eigenvalue weighted by Crippen LogP contribution is 2.40. The molecule has 1 spiro atoms. The molecule has 1 saturated heterocycles. The van der Waals surface area contributed by atoms with Crippen LogP contribution in [0.1, 0.15) is 24.0 Å². The van der Waals surface area contributed by atoms with Gasteiger partial charge in [-0.1, -0.05) is 35.9 Å². The highest BCUT2D eigenvalue weighted by molar-refractivity contribution is 6.30. The van der Waals surface area contributed by atoms with Gasteiger partial charge in [-0.25, -0.2) is 4.99 Å². The Balaban J connectivity index is 1.67. The van der Waals surface area contributed by atoms with Gasteiger partial charge in [-0.15, -0.1) is 5.11 Å². The van der Waals surface area contributed by atoms with Crippen molar-refractivity contribution >= 4 is 28.8 Å². The Morgan fingerprint density at radius 2 is 2.00 bits per heavy atom. The lowest BCUT2D eigenvalue weighted by Gasteiger charge is -2.40. The smallest absolute Gasteiger partial charge is 0.176 e. The van der Waals surface area contributed by atoms with Gasteiger partial charge >= 0.3 is 0 Å². The molecule has 2 aromatic carbocycles. The number of amidine groups is 1. The molecule has 146 valence electrons. The third kappa shape index (κ3) is 3.94. The summed E-state index contributed by atoms with van der Waals surface area (Å²) in [5, 5.41) is 22.7. The number of para-hydroxylation sites is 1. The van der Waals surface area contributed by atoms with E-state index in [0.717, 1.165) is 35.3 Å². The first kappa shape index (κ1) is 19.1. The van der Waals surface area contributed by atoms with E-state index in [1.165, 1.54) is 0 Å². The van der Waals surface area contributed by atoms with Crippen molar-refractivity contribution < 1.29 is 9.84 Å². The second-order valence-corrected chi connectivity index (χ2v) is 7.51. The van der Waals surface area contributed by atoms with Crippen molar-refractivity contribution in [1.29, 1.82) is 0 Å². The van der Waals surface area contributed by atoms with Crippen LogP contribution in [0.2, 0.25) is 5.02 Å². The number of fused-ring (bicyclic) bond motifs is 1. The lowest BCUT2D eigenvalue weighted by Crippen LogP contribution is -2.51. The Morgan fingerprint density at radius 3 is 2.79 bits per heavy atom. The third-order valence-corrected chi connectivity index (χ3v) is 5.41. The summed E-state index contributed by atoms with van der Waals surface area (Å²) in [5.74, 6) is 0.677. The van der Waals surface area contributed by atoms with Gasteiger partial charge in [-0.05, 0) is 35.7 Å². The molecule has 0 amide bonds. The normalized spacial score (nSPS) is 18.0. The number of aliphatic hydroxyl groups is 1. The maximum atomic E-state index is 9.38. The molecule has 0 aromatic heterocycles. The minimum absolute atomic E-state index is 0.0799. The van der Waals surface area contributed by atoms with E-state index in [4.69, 9.17) is 21.3 Å². The number of ether oxygens (including phenoxy) is 1. The fraction of sp³-hybridized carbons (Fsp3) is 0.381. The van der Waals surface area contributed by atoms with E-state index in [-0.39, 0.29) is 12.1 Å². The third-order valence-electron chi connectivity index (χ3n) is 5.17. The molecule has 2 N–H and O–H groups in total. The van der Waals surface area contributed by atoms with Crippen LogP contribution < -0.4 is 5.32 Å². The molecule has 0 unspecified atom stereocenters. The Bertz CT molecular complexity index is 907. The second-order valence-electron chi connectivity index (χ2n) is 7.07. The Labute approximate surface area is 169 Å². The van der Waals surface area contributed by atoms with E-state index in [1.54, 1.807) is 0 Å². The average Bonchev–Trinajstić information content (AvgIpc) is 2.70. The zero-order chi connectivity index (χ0) is 19.4. The van der Waals surface area contributed by atoms with Gasteiger partial charge in [-0.3, -0.25) is 0 Å². The molecule has 0 saturated carbocycles. The van der Waals surface area contributed by atoms with Gasteiger partial charge in [0.1, 0.15) is 5.54 Å². The number of rotatable bonds is 4. The zero-order valence-corrected chi connectivity index (χ0v) is 16.3. The van der Waals surface area contributed by atoms with Crippen molar-refractivity contribution in [2.75, 3.05) is 25.1 Å². The van der Waals surface area contributed by atoms with E-state index in [9.17, 15) is 5.11 Å². The first-order valence-electron chi connectivity index (χ1n) is 9.50. The van der Waals surface area contributed by atoms with Gasteiger partial charge in [0.2, 0.25) is 0 Å². The number of hydrogen-bond acceptors (Lipinski definition) is 6. The fourth-order valence-corrected chi connectivity index (χ4v) is 3.89. The van der Waals surface area contributed by atoms with Gasteiger partial charge in [-0.2, -0.15) is 5.11 Å². The fourth-order valence-electron chi connectivity index (χ4n) is 3.68. The summed E-state index contributed by atoms with van der Waals surface area (Å²) >= 11 is 6.05. The predicted octanol–water partition coefficient (Wildman–Crippen LogP) is 4.53. The number of nitrogens with zero attached hydrogens (tertiary/aromatic N) is 3. The van der Waals surface area contributed by atoms with Gasteiger partial charge < -0.3 is 15.2 Å². The topological polar surface area (TPSA) is 78.6 Å². The molecule has 28 heavy (non-hydrogen) atoms. The van der Waals surface area contributed by atoms with Crippen molar-refractivity contribution in [2.24, 2.45) is 15.2 Å². The Morgan fingerprint density at radius 1 is 1.18 bits per heavy atom. The number of halogens is 1. The number of aliphatic hydroxyl groups excluding tert-OH is 1. The first-order chi connectivity index (χ1) is 13.7. The summed E-state index contributed by atoms with van der Waals surface area (Å²) in [4.78, 5) is 4.89. The summed E-state index contributed by atoms with van der Waals surface area (Å²) in [6, 6.07) is 13.6. The molecule has 0 aliphatic carbocycles. The molecule has 2 heterocycles. The SMILES string of the molecule is OCCc1cccc2c1N=C(N=NCc1cccc(Cl)c1)C1(CCOCC1)N2. The average molecular weight is 399 g/mol. The quantitative estimate of drug-likeness (QED) is 0.742. The van der Waals surface area contributed by atoms with Crippen molar-refractivity contribution in [3.05, 3.63) is 58.6 Å². The minimum atomic E-state index is -0.374. The van der Waals surface area contributed by atoms with Gasteiger partial charge in [0, 0.05) is 37.7 Å². The summed E-state index contributed by atoms with van der Waals surface area (Å²) in [7, 11) is 0. The molecule has 2 aliphatic heterocycles. The highest BCUT2D eigenvalue weighted by Gasteiger charge is 2.41. The molecule has 4 rings (SSSR count). The molecule has 2 aliphatic rings. The summed E-state index contributed by atoms with van der Waals surface area (Å²) in [5.41, 5.74) is 3.44. The van der Waals surface area contributed by atoms with Crippen LogP contribution in [-0.2, 0) is 17.7 Å². The number of nitrogens with one attached hydrogen (secondary N) is 1. The maximum absolute atomic E-state index is 9.38. The Hall–Kier alpha value is -2.28. The highest BCUT2D eigenvalue weighted by atomic mass is 35.5. The molecule has 7 heteroatoms. The number of azo groups is 1. The van der Waals surface area contributed by atoms with Crippen LogP contribution in [0.25, 0.3) is 0 Å². The van der Waals surface area contributed by atoms with Crippen LogP contribution in [0, 0.1) is 0 Å². The second kappa shape index (κ2) is 8.39. The number of hydrogen-bond donors (Lipinski definition) is 2. The van der Waals surface area contributed by atoms with E-state index in [0.29, 0.717) is 37.0 Å². The van der Waals surface area contributed by atoms with E-state index >= 15 is 0 Å². The van der Waals surface area contributed by atoms with Crippen molar-refractivity contribution in [3.8, 4) is 0 Å². The van der Waals surface area contributed by atoms with Crippen molar-refractivity contribution in [2.45, 2.75) is 31.3 Å². The lowest BCUT2D eigenvalue weighted by molar-refractivity contribution is 0.0776.